The lowest BCUT2D eigenvalue weighted by molar-refractivity contribution is 0.191. The highest BCUT2D eigenvalue weighted by Gasteiger charge is 2.15. The normalized spacial score (nSPS) is 10.5. The van der Waals surface area contributed by atoms with Crippen LogP contribution >= 0.6 is 11.3 Å². The summed E-state index contributed by atoms with van der Waals surface area (Å²) in [7, 11) is 0. The van der Waals surface area contributed by atoms with Crippen LogP contribution in [0.5, 0.6) is 0 Å². The Morgan fingerprint density at radius 2 is 1.85 bits per heavy atom. The summed E-state index contributed by atoms with van der Waals surface area (Å²) in [6, 6.07) is 18.1. The van der Waals surface area contributed by atoms with E-state index in [0.717, 1.165) is 24.1 Å². The molecule has 134 valence electrons. The highest BCUT2D eigenvalue weighted by molar-refractivity contribution is 7.07. The van der Waals surface area contributed by atoms with Gasteiger partial charge in [-0.2, -0.15) is 11.3 Å². The van der Waals surface area contributed by atoms with Crippen molar-refractivity contribution in [2.75, 3.05) is 6.54 Å². The fraction of sp³-hybridized carbons (Fsp3) is 0.238. The first kappa shape index (κ1) is 18.1. The first-order valence-electron chi connectivity index (χ1n) is 8.79. The van der Waals surface area contributed by atoms with Gasteiger partial charge in [-0.15, -0.1) is 0 Å². The van der Waals surface area contributed by atoms with Crippen LogP contribution in [0.25, 0.3) is 0 Å². The van der Waals surface area contributed by atoms with E-state index in [-0.39, 0.29) is 6.03 Å². The van der Waals surface area contributed by atoms with Crippen molar-refractivity contribution in [3.63, 3.8) is 0 Å². The minimum absolute atomic E-state index is 0.0464. The van der Waals surface area contributed by atoms with Gasteiger partial charge in [0.15, 0.2) is 0 Å². The Morgan fingerprint density at radius 3 is 2.58 bits per heavy atom. The summed E-state index contributed by atoms with van der Waals surface area (Å²) in [4.78, 5) is 18.8. The van der Waals surface area contributed by atoms with Gasteiger partial charge in [0.25, 0.3) is 0 Å². The van der Waals surface area contributed by atoms with Crippen molar-refractivity contribution < 1.29 is 4.79 Å². The van der Waals surface area contributed by atoms with Gasteiger partial charge in [0.1, 0.15) is 0 Å². The molecule has 26 heavy (non-hydrogen) atoms. The molecular formula is C21H23N3OS. The summed E-state index contributed by atoms with van der Waals surface area (Å²) in [5.74, 6) is 0. The van der Waals surface area contributed by atoms with Crippen molar-refractivity contribution in [2.45, 2.75) is 25.9 Å². The summed E-state index contributed by atoms with van der Waals surface area (Å²) in [5, 5.41) is 7.16. The van der Waals surface area contributed by atoms with Crippen molar-refractivity contribution in [2.24, 2.45) is 0 Å². The predicted molar refractivity (Wildman–Crippen MR) is 106 cm³/mol. The molecule has 4 nitrogen and oxygen atoms in total. The minimum atomic E-state index is -0.0464. The first-order chi connectivity index (χ1) is 12.8. The third kappa shape index (κ3) is 5.70. The van der Waals surface area contributed by atoms with Crippen molar-refractivity contribution >= 4 is 17.4 Å². The molecule has 1 N–H and O–H groups in total. The molecule has 0 atom stereocenters. The summed E-state index contributed by atoms with van der Waals surface area (Å²) < 4.78 is 0. The maximum Gasteiger partial charge on any atom is 0.318 e. The van der Waals surface area contributed by atoms with Crippen LogP contribution in [0.1, 0.15) is 23.2 Å². The molecule has 3 rings (SSSR count). The fourth-order valence-electron chi connectivity index (χ4n) is 2.73. The lowest BCUT2D eigenvalue weighted by Gasteiger charge is -2.22. The number of carbonyl (C=O) groups excluding carboxylic acids is 1. The average molecular weight is 366 g/mol. The molecule has 0 saturated carbocycles. The van der Waals surface area contributed by atoms with E-state index < -0.39 is 0 Å². The molecule has 0 saturated heterocycles. The third-order valence-electron chi connectivity index (χ3n) is 4.08. The SMILES string of the molecule is O=C(NCCCc1ccccc1)N(Cc1ccsc1)Cc1ccccn1. The third-order valence-corrected chi connectivity index (χ3v) is 4.81. The highest BCUT2D eigenvalue weighted by atomic mass is 32.1. The Kier molecular flexibility index (Phi) is 6.79. The molecule has 2 amide bonds. The zero-order valence-electron chi connectivity index (χ0n) is 14.7. The lowest BCUT2D eigenvalue weighted by Crippen LogP contribution is -2.39. The van der Waals surface area contributed by atoms with E-state index >= 15 is 0 Å². The van der Waals surface area contributed by atoms with Crippen LogP contribution in [0.2, 0.25) is 0 Å². The zero-order chi connectivity index (χ0) is 18.0. The number of urea groups is 1. The second-order valence-corrected chi connectivity index (χ2v) is 6.91. The van der Waals surface area contributed by atoms with Crippen molar-refractivity contribution in [3.8, 4) is 0 Å². The van der Waals surface area contributed by atoms with Gasteiger partial charge < -0.3 is 10.2 Å². The van der Waals surface area contributed by atoms with E-state index in [4.69, 9.17) is 0 Å². The number of hydrogen-bond acceptors (Lipinski definition) is 3. The molecular weight excluding hydrogens is 342 g/mol. The number of aryl methyl sites for hydroxylation is 1. The van der Waals surface area contributed by atoms with Crippen LogP contribution in [-0.2, 0) is 19.5 Å². The van der Waals surface area contributed by atoms with Gasteiger partial charge in [-0.05, 0) is 52.9 Å². The topological polar surface area (TPSA) is 45.2 Å². The summed E-state index contributed by atoms with van der Waals surface area (Å²) in [5.41, 5.74) is 3.33. The number of nitrogens with one attached hydrogen (secondary N) is 1. The van der Waals surface area contributed by atoms with E-state index in [2.05, 4.69) is 33.9 Å². The van der Waals surface area contributed by atoms with Gasteiger partial charge in [0.05, 0.1) is 12.2 Å². The Balaban J connectivity index is 1.53. The van der Waals surface area contributed by atoms with E-state index in [9.17, 15) is 4.79 Å². The Hall–Kier alpha value is -2.66. The largest absolute Gasteiger partial charge is 0.338 e. The summed E-state index contributed by atoms with van der Waals surface area (Å²) in [6.07, 6.45) is 3.65. The van der Waals surface area contributed by atoms with Gasteiger partial charge in [-0.3, -0.25) is 4.98 Å². The quantitative estimate of drug-likeness (QED) is 0.598. The molecule has 5 heteroatoms. The van der Waals surface area contributed by atoms with Crippen LogP contribution < -0.4 is 5.32 Å². The number of benzene rings is 1. The molecule has 0 unspecified atom stereocenters. The van der Waals surface area contributed by atoms with Gasteiger partial charge in [0.2, 0.25) is 0 Å². The number of carbonyl (C=O) groups is 1. The fourth-order valence-corrected chi connectivity index (χ4v) is 3.39. The molecule has 0 aliphatic heterocycles. The maximum absolute atomic E-state index is 12.7. The van der Waals surface area contributed by atoms with Crippen LogP contribution in [-0.4, -0.2) is 22.5 Å². The Bertz CT molecular complexity index is 776. The number of hydrogen-bond donors (Lipinski definition) is 1. The van der Waals surface area contributed by atoms with Crippen molar-refractivity contribution in [3.05, 3.63) is 88.4 Å². The zero-order valence-corrected chi connectivity index (χ0v) is 15.5. The second-order valence-electron chi connectivity index (χ2n) is 6.13. The Morgan fingerprint density at radius 1 is 1.00 bits per heavy atom. The van der Waals surface area contributed by atoms with Gasteiger partial charge in [-0.25, -0.2) is 4.79 Å². The van der Waals surface area contributed by atoms with Gasteiger partial charge in [0, 0.05) is 19.3 Å². The van der Waals surface area contributed by atoms with E-state index in [1.807, 2.05) is 46.7 Å². The number of rotatable bonds is 8. The number of nitrogens with zero attached hydrogens (tertiary/aromatic N) is 2. The van der Waals surface area contributed by atoms with E-state index in [1.54, 1.807) is 17.5 Å². The summed E-state index contributed by atoms with van der Waals surface area (Å²) in [6.45, 7) is 1.75. The molecule has 2 aromatic heterocycles. The lowest BCUT2D eigenvalue weighted by atomic mass is 10.1. The van der Waals surface area contributed by atoms with E-state index in [0.29, 0.717) is 19.6 Å². The number of pyridine rings is 1. The Labute approximate surface area is 158 Å². The van der Waals surface area contributed by atoms with E-state index in [1.165, 1.54) is 5.56 Å². The van der Waals surface area contributed by atoms with Crippen LogP contribution in [0.15, 0.2) is 71.6 Å². The molecule has 0 fully saturated rings. The van der Waals surface area contributed by atoms with Crippen molar-refractivity contribution in [1.29, 1.82) is 0 Å². The standard InChI is InChI=1S/C21H23N3OS/c25-21(23-13-6-9-18-7-2-1-3-8-18)24(15-19-11-14-26-17-19)16-20-10-4-5-12-22-20/h1-5,7-8,10-12,14,17H,6,9,13,15-16H2,(H,23,25). The monoisotopic (exact) mass is 365 g/mol. The summed E-state index contributed by atoms with van der Waals surface area (Å²) >= 11 is 1.64. The molecule has 0 bridgehead atoms. The van der Waals surface area contributed by atoms with Crippen molar-refractivity contribution in [1.82, 2.24) is 15.2 Å². The molecule has 1 aromatic carbocycles. The maximum atomic E-state index is 12.7. The number of thiophene rings is 1. The molecule has 3 aromatic rings. The van der Waals surface area contributed by atoms with Crippen LogP contribution in [0, 0.1) is 0 Å². The molecule has 0 aliphatic rings. The van der Waals surface area contributed by atoms with Gasteiger partial charge in [-0.1, -0.05) is 36.4 Å². The smallest absolute Gasteiger partial charge is 0.318 e. The van der Waals surface area contributed by atoms with Gasteiger partial charge >= 0.3 is 6.03 Å². The first-order valence-corrected chi connectivity index (χ1v) is 9.73. The number of aromatic nitrogens is 1. The highest BCUT2D eigenvalue weighted by Crippen LogP contribution is 2.12. The molecule has 0 aliphatic carbocycles. The average Bonchev–Trinajstić information content (AvgIpc) is 3.19. The molecule has 2 heterocycles. The van der Waals surface area contributed by atoms with Crippen LogP contribution in [0.4, 0.5) is 4.79 Å². The van der Waals surface area contributed by atoms with Crippen LogP contribution in [0.3, 0.4) is 0 Å². The minimum Gasteiger partial charge on any atom is -0.338 e. The number of amides is 2. The molecule has 0 spiro atoms. The molecule has 0 radical (unpaired) electrons. The predicted octanol–water partition coefficient (Wildman–Crippen LogP) is 4.49. The second kappa shape index (κ2) is 9.73.